The van der Waals surface area contributed by atoms with E-state index in [1.54, 1.807) is 6.08 Å². The Morgan fingerprint density at radius 2 is 2.40 bits per heavy atom. The van der Waals surface area contributed by atoms with Crippen molar-refractivity contribution in [2.75, 3.05) is 18.1 Å². The van der Waals surface area contributed by atoms with E-state index < -0.39 is 0 Å². The van der Waals surface area contributed by atoms with Gasteiger partial charge in [-0.15, -0.1) is 6.58 Å². The highest BCUT2D eigenvalue weighted by Crippen LogP contribution is 2.32. The molecule has 1 aliphatic rings. The molecule has 1 aliphatic heterocycles. The topological polar surface area (TPSA) is 29.5 Å². The molecule has 2 rings (SSSR count). The fourth-order valence-electron chi connectivity index (χ4n) is 1.51. The lowest BCUT2D eigenvalue weighted by molar-refractivity contribution is -0.121. The van der Waals surface area contributed by atoms with Gasteiger partial charge in [-0.25, -0.2) is 4.39 Å². The first kappa shape index (κ1) is 9.71. The summed E-state index contributed by atoms with van der Waals surface area (Å²) in [6.45, 7) is 3.92. The van der Waals surface area contributed by atoms with Crippen LogP contribution < -0.4 is 9.64 Å². The number of hydrogen-bond acceptors (Lipinski definition) is 2. The smallest absolute Gasteiger partial charge is 0.265 e. The van der Waals surface area contributed by atoms with Gasteiger partial charge >= 0.3 is 0 Å². The highest BCUT2D eigenvalue weighted by Gasteiger charge is 2.24. The SMILES string of the molecule is C=CCN1C(=O)COc2cc(F)ccc21. The second-order valence-corrected chi connectivity index (χ2v) is 3.19. The lowest BCUT2D eigenvalue weighted by Gasteiger charge is -2.28. The number of rotatable bonds is 2. The van der Waals surface area contributed by atoms with Gasteiger partial charge in [-0.3, -0.25) is 4.79 Å². The standard InChI is InChI=1S/C11H10FNO2/c1-2-5-13-9-4-3-8(12)6-10(9)15-7-11(13)14/h2-4,6H,1,5,7H2. The maximum absolute atomic E-state index is 12.9. The average molecular weight is 207 g/mol. The molecule has 4 heteroatoms. The van der Waals surface area contributed by atoms with Gasteiger partial charge in [-0.05, 0) is 12.1 Å². The van der Waals surface area contributed by atoms with E-state index in [9.17, 15) is 9.18 Å². The van der Waals surface area contributed by atoms with Gasteiger partial charge in [0.25, 0.3) is 5.91 Å². The lowest BCUT2D eigenvalue weighted by Crippen LogP contribution is -2.38. The van der Waals surface area contributed by atoms with Crippen molar-refractivity contribution in [1.29, 1.82) is 0 Å². The monoisotopic (exact) mass is 207 g/mol. The van der Waals surface area contributed by atoms with Gasteiger partial charge < -0.3 is 9.64 Å². The fraction of sp³-hybridized carbons (Fsp3) is 0.182. The van der Waals surface area contributed by atoms with Crippen molar-refractivity contribution in [3.05, 3.63) is 36.7 Å². The minimum absolute atomic E-state index is 0.0513. The van der Waals surface area contributed by atoms with E-state index in [-0.39, 0.29) is 18.3 Å². The highest BCUT2D eigenvalue weighted by atomic mass is 19.1. The predicted octanol–water partition coefficient (Wildman–Crippen LogP) is 1.74. The summed E-state index contributed by atoms with van der Waals surface area (Å²) in [6.07, 6.45) is 1.62. The molecule has 1 heterocycles. The summed E-state index contributed by atoms with van der Waals surface area (Å²) in [6, 6.07) is 4.11. The maximum atomic E-state index is 12.9. The van der Waals surface area contributed by atoms with Crippen LogP contribution in [0.15, 0.2) is 30.9 Å². The maximum Gasteiger partial charge on any atom is 0.265 e. The summed E-state index contributed by atoms with van der Waals surface area (Å²) in [5.74, 6) is -0.118. The van der Waals surface area contributed by atoms with Gasteiger partial charge in [0.2, 0.25) is 0 Å². The van der Waals surface area contributed by atoms with E-state index in [0.29, 0.717) is 18.0 Å². The Balaban J connectivity index is 2.43. The Kier molecular flexibility index (Phi) is 2.41. The summed E-state index contributed by atoms with van der Waals surface area (Å²) in [5, 5.41) is 0. The van der Waals surface area contributed by atoms with Crippen LogP contribution in [0.4, 0.5) is 10.1 Å². The third-order valence-electron chi connectivity index (χ3n) is 2.18. The molecule has 0 fully saturated rings. The van der Waals surface area contributed by atoms with Crippen molar-refractivity contribution in [1.82, 2.24) is 0 Å². The molecule has 0 atom stereocenters. The van der Waals surface area contributed by atoms with Crippen LogP contribution in [0.2, 0.25) is 0 Å². The molecule has 1 amide bonds. The average Bonchev–Trinajstić information content (AvgIpc) is 2.22. The number of benzene rings is 1. The third-order valence-corrected chi connectivity index (χ3v) is 2.18. The van der Waals surface area contributed by atoms with Crippen molar-refractivity contribution in [2.24, 2.45) is 0 Å². The number of ether oxygens (including phenoxy) is 1. The molecular weight excluding hydrogens is 197 g/mol. The Bertz CT molecular complexity index is 417. The molecule has 0 bridgehead atoms. The van der Waals surface area contributed by atoms with Crippen molar-refractivity contribution in [2.45, 2.75) is 0 Å². The minimum atomic E-state index is -0.373. The molecule has 0 unspecified atom stereocenters. The summed E-state index contributed by atoms with van der Waals surface area (Å²) in [4.78, 5) is 13.0. The zero-order valence-corrected chi connectivity index (χ0v) is 8.07. The normalized spacial score (nSPS) is 14.5. The molecule has 0 spiro atoms. The Labute approximate surface area is 86.8 Å². The van der Waals surface area contributed by atoms with Gasteiger partial charge in [0, 0.05) is 12.6 Å². The van der Waals surface area contributed by atoms with E-state index >= 15 is 0 Å². The molecule has 15 heavy (non-hydrogen) atoms. The van der Waals surface area contributed by atoms with Gasteiger partial charge in [0.1, 0.15) is 11.6 Å². The molecule has 3 nitrogen and oxygen atoms in total. The Morgan fingerprint density at radius 3 is 3.13 bits per heavy atom. The molecular formula is C11H10FNO2. The number of carbonyl (C=O) groups excluding carboxylic acids is 1. The molecule has 1 aromatic carbocycles. The van der Waals surface area contributed by atoms with Crippen LogP contribution in [0, 0.1) is 5.82 Å². The molecule has 0 aliphatic carbocycles. The van der Waals surface area contributed by atoms with Crippen LogP contribution >= 0.6 is 0 Å². The molecule has 0 saturated heterocycles. The van der Waals surface area contributed by atoms with E-state index in [1.807, 2.05) is 0 Å². The van der Waals surface area contributed by atoms with Gasteiger partial charge in [-0.2, -0.15) is 0 Å². The zero-order valence-electron chi connectivity index (χ0n) is 8.07. The molecule has 0 N–H and O–H groups in total. The largest absolute Gasteiger partial charge is 0.481 e. The fourth-order valence-corrected chi connectivity index (χ4v) is 1.51. The zero-order chi connectivity index (χ0) is 10.8. The number of amides is 1. The van der Waals surface area contributed by atoms with Gasteiger partial charge in [-0.1, -0.05) is 6.08 Å². The lowest BCUT2D eigenvalue weighted by atomic mass is 10.2. The first-order valence-electron chi connectivity index (χ1n) is 4.56. The van der Waals surface area contributed by atoms with E-state index in [4.69, 9.17) is 4.74 Å². The summed E-state index contributed by atoms with van der Waals surface area (Å²) < 4.78 is 18.0. The van der Waals surface area contributed by atoms with Crippen molar-refractivity contribution in [3.63, 3.8) is 0 Å². The van der Waals surface area contributed by atoms with Crippen LogP contribution in [-0.2, 0) is 4.79 Å². The third kappa shape index (κ3) is 1.70. The predicted molar refractivity (Wildman–Crippen MR) is 54.4 cm³/mol. The van der Waals surface area contributed by atoms with Crippen molar-refractivity contribution >= 4 is 11.6 Å². The van der Waals surface area contributed by atoms with Crippen LogP contribution in [0.3, 0.4) is 0 Å². The molecule has 1 aromatic rings. The van der Waals surface area contributed by atoms with E-state index in [0.717, 1.165) is 0 Å². The van der Waals surface area contributed by atoms with Gasteiger partial charge in [0.05, 0.1) is 5.69 Å². The number of halogens is 1. The quantitative estimate of drug-likeness (QED) is 0.691. The molecule has 0 radical (unpaired) electrons. The summed E-state index contributed by atoms with van der Waals surface area (Å²) >= 11 is 0. The van der Waals surface area contributed by atoms with Crippen LogP contribution in [-0.4, -0.2) is 19.1 Å². The molecule has 0 aromatic heterocycles. The van der Waals surface area contributed by atoms with Crippen molar-refractivity contribution < 1.29 is 13.9 Å². The summed E-state index contributed by atoms with van der Waals surface area (Å²) in [7, 11) is 0. The van der Waals surface area contributed by atoms with Crippen LogP contribution in [0.1, 0.15) is 0 Å². The van der Waals surface area contributed by atoms with Crippen molar-refractivity contribution in [3.8, 4) is 5.75 Å². The van der Waals surface area contributed by atoms with Crippen LogP contribution in [0.25, 0.3) is 0 Å². The number of fused-ring (bicyclic) bond motifs is 1. The summed E-state index contributed by atoms with van der Waals surface area (Å²) in [5.41, 5.74) is 0.590. The van der Waals surface area contributed by atoms with Crippen LogP contribution in [0.5, 0.6) is 5.75 Å². The first-order chi connectivity index (χ1) is 7.22. The number of nitrogens with zero attached hydrogens (tertiary/aromatic N) is 1. The number of anilines is 1. The van der Waals surface area contributed by atoms with E-state index in [2.05, 4.69) is 6.58 Å². The minimum Gasteiger partial charge on any atom is -0.481 e. The molecule has 78 valence electrons. The van der Waals surface area contributed by atoms with Gasteiger partial charge in [0.15, 0.2) is 6.61 Å². The second-order valence-electron chi connectivity index (χ2n) is 3.19. The number of hydrogen-bond donors (Lipinski definition) is 0. The van der Waals surface area contributed by atoms with E-state index in [1.165, 1.54) is 23.1 Å². The first-order valence-corrected chi connectivity index (χ1v) is 4.56. The highest BCUT2D eigenvalue weighted by molar-refractivity contribution is 5.97. The Hall–Kier alpha value is -1.84. The molecule has 0 saturated carbocycles. The Morgan fingerprint density at radius 1 is 1.60 bits per heavy atom. The number of carbonyl (C=O) groups is 1. The second kappa shape index (κ2) is 3.73.